The van der Waals surface area contributed by atoms with Crippen LogP contribution in [0.1, 0.15) is 39.0 Å². The van der Waals surface area contributed by atoms with Gasteiger partial charge in [0.15, 0.2) is 0 Å². The number of nitrogens with two attached hydrogens (primary N) is 1. The maximum Gasteiger partial charge on any atom is 0.122 e. The SMILES string of the molecule is CCC(C)(C)N(C)C(CN)c1ccco1. The van der Waals surface area contributed by atoms with Crippen molar-refractivity contribution in [1.82, 2.24) is 4.90 Å². The zero-order chi connectivity index (χ0) is 11.5. The van der Waals surface area contributed by atoms with E-state index < -0.39 is 0 Å². The van der Waals surface area contributed by atoms with Gasteiger partial charge in [-0.2, -0.15) is 0 Å². The highest BCUT2D eigenvalue weighted by Crippen LogP contribution is 2.27. The molecule has 1 aromatic heterocycles. The van der Waals surface area contributed by atoms with E-state index in [9.17, 15) is 0 Å². The van der Waals surface area contributed by atoms with Crippen molar-refractivity contribution in [3.8, 4) is 0 Å². The second-order valence-corrected chi connectivity index (χ2v) is 4.54. The molecule has 0 fully saturated rings. The highest BCUT2D eigenvalue weighted by molar-refractivity contribution is 5.06. The Morgan fingerprint density at radius 1 is 1.53 bits per heavy atom. The molecule has 0 radical (unpaired) electrons. The zero-order valence-corrected chi connectivity index (χ0v) is 10.2. The summed E-state index contributed by atoms with van der Waals surface area (Å²) in [6, 6.07) is 4.06. The number of furan rings is 1. The molecule has 0 spiro atoms. The fourth-order valence-electron chi connectivity index (χ4n) is 1.62. The first-order valence-electron chi connectivity index (χ1n) is 5.49. The van der Waals surface area contributed by atoms with Gasteiger partial charge in [-0.05, 0) is 39.4 Å². The van der Waals surface area contributed by atoms with Crippen LogP contribution >= 0.6 is 0 Å². The van der Waals surface area contributed by atoms with Crippen molar-refractivity contribution >= 4 is 0 Å². The Balaban J connectivity index is 2.84. The molecule has 0 saturated carbocycles. The van der Waals surface area contributed by atoms with Crippen molar-refractivity contribution in [2.24, 2.45) is 5.73 Å². The van der Waals surface area contributed by atoms with Crippen molar-refractivity contribution in [3.63, 3.8) is 0 Å². The van der Waals surface area contributed by atoms with Crippen molar-refractivity contribution in [2.45, 2.75) is 38.8 Å². The van der Waals surface area contributed by atoms with E-state index in [1.54, 1.807) is 6.26 Å². The average molecular weight is 210 g/mol. The normalized spacial score (nSPS) is 14.5. The van der Waals surface area contributed by atoms with Crippen LogP contribution in [0.15, 0.2) is 22.8 Å². The summed E-state index contributed by atoms with van der Waals surface area (Å²) in [6.45, 7) is 7.21. The average Bonchev–Trinajstić information content (AvgIpc) is 2.72. The Hall–Kier alpha value is -0.800. The van der Waals surface area contributed by atoms with Crippen LogP contribution in [0.5, 0.6) is 0 Å². The maximum atomic E-state index is 5.81. The summed E-state index contributed by atoms with van der Waals surface area (Å²) in [5, 5.41) is 0. The molecule has 0 saturated heterocycles. The lowest BCUT2D eigenvalue weighted by Gasteiger charge is -2.39. The fraction of sp³-hybridized carbons (Fsp3) is 0.667. The molecular formula is C12H22N2O. The molecule has 0 bridgehead atoms. The van der Waals surface area contributed by atoms with Crippen molar-refractivity contribution in [1.29, 1.82) is 0 Å². The van der Waals surface area contributed by atoms with Gasteiger partial charge in [0.05, 0.1) is 12.3 Å². The van der Waals surface area contributed by atoms with E-state index in [-0.39, 0.29) is 11.6 Å². The summed E-state index contributed by atoms with van der Waals surface area (Å²) in [5.41, 5.74) is 5.95. The lowest BCUT2D eigenvalue weighted by Crippen LogP contribution is -2.45. The molecular weight excluding hydrogens is 188 g/mol. The lowest BCUT2D eigenvalue weighted by molar-refractivity contribution is 0.0884. The quantitative estimate of drug-likeness (QED) is 0.811. The Bertz CT molecular complexity index is 280. The third kappa shape index (κ3) is 2.61. The van der Waals surface area contributed by atoms with Crippen LogP contribution in [0, 0.1) is 0 Å². The predicted molar refractivity (Wildman–Crippen MR) is 62.6 cm³/mol. The molecule has 2 N–H and O–H groups in total. The Morgan fingerprint density at radius 2 is 2.20 bits per heavy atom. The van der Waals surface area contributed by atoms with E-state index in [0.29, 0.717) is 6.54 Å². The van der Waals surface area contributed by atoms with E-state index in [2.05, 4.69) is 32.7 Å². The minimum Gasteiger partial charge on any atom is -0.468 e. The highest BCUT2D eigenvalue weighted by Gasteiger charge is 2.29. The van der Waals surface area contributed by atoms with Crippen LogP contribution in [-0.4, -0.2) is 24.0 Å². The molecule has 0 amide bonds. The molecule has 3 nitrogen and oxygen atoms in total. The molecule has 1 unspecified atom stereocenters. The number of hydrogen-bond donors (Lipinski definition) is 1. The van der Waals surface area contributed by atoms with Crippen LogP contribution < -0.4 is 5.73 Å². The summed E-state index contributed by atoms with van der Waals surface area (Å²) in [4.78, 5) is 2.28. The summed E-state index contributed by atoms with van der Waals surface area (Å²) in [6.07, 6.45) is 2.78. The molecule has 1 aromatic rings. The third-order valence-corrected chi connectivity index (χ3v) is 3.38. The zero-order valence-electron chi connectivity index (χ0n) is 10.2. The molecule has 15 heavy (non-hydrogen) atoms. The second-order valence-electron chi connectivity index (χ2n) is 4.54. The van der Waals surface area contributed by atoms with E-state index in [4.69, 9.17) is 10.2 Å². The smallest absolute Gasteiger partial charge is 0.122 e. The lowest BCUT2D eigenvalue weighted by atomic mass is 9.97. The summed E-state index contributed by atoms with van der Waals surface area (Å²) < 4.78 is 5.43. The first-order chi connectivity index (χ1) is 7.03. The number of hydrogen-bond acceptors (Lipinski definition) is 3. The number of likely N-dealkylation sites (N-methyl/N-ethyl adjacent to an activating group) is 1. The van der Waals surface area contributed by atoms with E-state index in [0.717, 1.165) is 12.2 Å². The van der Waals surface area contributed by atoms with Crippen LogP contribution in [0.2, 0.25) is 0 Å². The largest absolute Gasteiger partial charge is 0.468 e. The van der Waals surface area contributed by atoms with Crippen molar-refractivity contribution in [2.75, 3.05) is 13.6 Å². The van der Waals surface area contributed by atoms with Gasteiger partial charge in [-0.3, -0.25) is 4.90 Å². The molecule has 3 heteroatoms. The van der Waals surface area contributed by atoms with E-state index in [1.807, 2.05) is 12.1 Å². The summed E-state index contributed by atoms with van der Waals surface area (Å²) >= 11 is 0. The molecule has 1 rings (SSSR count). The summed E-state index contributed by atoms with van der Waals surface area (Å²) in [5.74, 6) is 0.946. The van der Waals surface area contributed by atoms with Crippen molar-refractivity contribution in [3.05, 3.63) is 24.2 Å². The van der Waals surface area contributed by atoms with Gasteiger partial charge in [0.1, 0.15) is 5.76 Å². The first kappa shape index (κ1) is 12.3. The van der Waals surface area contributed by atoms with Crippen LogP contribution in [0.25, 0.3) is 0 Å². The minimum atomic E-state index is 0.136. The van der Waals surface area contributed by atoms with Gasteiger partial charge < -0.3 is 10.2 Å². The Morgan fingerprint density at radius 3 is 2.60 bits per heavy atom. The van der Waals surface area contributed by atoms with Gasteiger partial charge in [0.25, 0.3) is 0 Å². The highest BCUT2D eigenvalue weighted by atomic mass is 16.3. The predicted octanol–water partition coefficient (Wildman–Crippen LogP) is 2.40. The van der Waals surface area contributed by atoms with E-state index in [1.165, 1.54) is 0 Å². The Kier molecular flexibility index (Phi) is 3.94. The first-order valence-corrected chi connectivity index (χ1v) is 5.49. The van der Waals surface area contributed by atoms with Crippen LogP contribution in [-0.2, 0) is 0 Å². The molecule has 0 aliphatic rings. The molecule has 1 heterocycles. The molecule has 1 atom stereocenters. The maximum absolute atomic E-state index is 5.81. The topological polar surface area (TPSA) is 42.4 Å². The fourth-order valence-corrected chi connectivity index (χ4v) is 1.62. The standard InChI is InChI=1S/C12H22N2O/c1-5-12(2,3)14(4)10(9-13)11-7-6-8-15-11/h6-8,10H,5,9,13H2,1-4H3. The number of rotatable bonds is 5. The molecule has 0 aliphatic carbocycles. The van der Waals surface area contributed by atoms with Crippen LogP contribution in [0.4, 0.5) is 0 Å². The molecule has 0 aromatic carbocycles. The van der Waals surface area contributed by atoms with Gasteiger partial charge in [-0.1, -0.05) is 6.92 Å². The van der Waals surface area contributed by atoms with Gasteiger partial charge >= 0.3 is 0 Å². The van der Waals surface area contributed by atoms with Gasteiger partial charge in [0, 0.05) is 12.1 Å². The van der Waals surface area contributed by atoms with Gasteiger partial charge in [-0.15, -0.1) is 0 Å². The Labute approximate surface area is 92.2 Å². The third-order valence-electron chi connectivity index (χ3n) is 3.38. The van der Waals surface area contributed by atoms with Gasteiger partial charge in [-0.25, -0.2) is 0 Å². The minimum absolute atomic E-state index is 0.136. The second kappa shape index (κ2) is 4.81. The molecule has 86 valence electrons. The van der Waals surface area contributed by atoms with Crippen LogP contribution in [0.3, 0.4) is 0 Å². The number of nitrogens with zero attached hydrogens (tertiary/aromatic N) is 1. The monoisotopic (exact) mass is 210 g/mol. The van der Waals surface area contributed by atoms with Crippen molar-refractivity contribution < 1.29 is 4.42 Å². The van der Waals surface area contributed by atoms with E-state index >= 15 is 0 Å². The molecule has 0 aliphatic heterocycles. The summed E-state index contributed by atoms with van der Waals surface area (Å²) in [7, 11) is 2.10. The van der Waals surface area contributed by atoms with Gasteiger partial charge in [0.2, 0.25) is 0 Å².